The van der Waals surface area contributed by atoms with Gasteiger partial charge in [-0.3, -0.25) is 4.79 Å². The van der Waals surface area contributed by atoms with Crippen molar-refractivity contribution in [1.82, 2.24) is 4.98 Å². The quantitative estimate of drug-likeness (QED) is 0.890. The van der Waals surface area contributed by atoms with E-state index in [1.54, 1.807) is 6.20 Å². The van der Waals surface area contributed by atoms with Gasteiger partial charge in [-0.2, -0.15) is 0 Å². The lowest BCUT2D eigenvalue weighted by Crippen LogP contribution is -2.21. The van der Waals surface area contributed by atoms with Crippen molar-refractivity contribution >= 4 is 11.7 Å². The van der Waals surface area contributed by atoms with Crippen LogP contribution in [0, 0.1) is 6.92 Å². The third-order valence-electron chi connectivity index (χ3n) is 4.31. The lowest BCUT2D eigenvalue weighted by Gasteiger charge is -2.21. The Balaban J connectivity index is 1.91. The molecule has 0 radical (unpaired) electrons. The van der Waals surface area contributed by atoms with Gasteiger partial charge in [0.15, 0.2) is 0 Å². The van der Waals surface area contributed by atoms with Crippen LogP contribution < -0.4 is 11.1 Å². The molecule has 2 aromatic rings. The van der Waals surface area contributed by atoms with Gasteiger partial charge in [0.25, 0.3) is 0 Å². The first-order valence-corrected chi connectivity index (χ1v) is 7.68. The highest BCUT2D eigenvalue weighted by Crippen LogP contribution is 2.48. The SMILES string of the molecule is CCc1cc(C(N)=O)cnc1NC1(c2cccc(C)c2)CC1. The molecule has 1 aromatic heterocycles. The zero-order valence-corrected chi connectivity index (χ0v) is 13.0. The minimum atomic E-state index is -0.437. The van der Waals surface area contributed by atoms with Gasteiger partial charge in [-0.1, -0.05) is 36.8 Å². The second-order valence-electron chi connectivity index (χ2n) is 6.03. The fourth-order valence-electron chi connectivity index (χ4n) is 2.81. The van der Waals surface area contributed by atoms with Crippen LogP contribution in [0.15, 0.2) is 36.5 Å². The summed E-state index contributed by atoms with van der Waals surface area (Å²) in [5.74, 6) is 0.417. The lowest BCUT2D eigenvalue weighted by molar-refractivity contribution is 0.1000. The fourth-order valence-corrected chi connectivity index (χ4v) is 2.81. The van der Waals surface area contributed by atoms with E-state index in [1.807, 2.05) is 6.07 Å². The average Bonchev–Trinajstić information content (AvgIpc) is 3.28. The summed E-state index contributed by atoms with van der Waals surface area (Å²) in [4.78, 5) is 15.7. The summed E-state index contributed by atoms with van der Waals surface area (Å²) in [6, 6.07) is 10.4. The van der Waals surface area contributed by atoms with Gasteiger partial charge in [-0.05, 0) is 43.4 Å². The molecule has 1 aliphatic rings. The Hall–Kier alpha value is -2.36. The maximum atomic E-state index is 11.3. The van der Waals surface area contributed by atoms with Crippen LogP contribution in [0.25, 0.3) is 0 Å². The molecule has 0 bridgehead atoms. The third-order valence-corrected chi connectivity index (χ3v) is 4.31. The highest BCUT2D eigenvalue weighted by molar-refractivity contribution is 5.93. The smallest absolute Gasteiger partial charge is 0.250 e. The number of primary amides is 1. The number of benzene rings is 1. The first-order chi connectivity index (χ1) is 10.5. The minimum Gasteiger partial charge on any atom is -0.366 e. The number of anilines is 1. The van der Waals surface area contributed by atoms with Gasteiger partial charge < -0.3 is 11.1 Å². The summed E-state index contributed by atoms with van der Waals surface area (Å²) in [5.41, 5.74) is 9.37. The van der Waals surface area contributed by atoms with Crippen LogP contribution in [0.3, 0.4) is 0 Å². The number of nitrogens with one attached hydrogen (secondary N) is 1. The van der Waals surface area contributed by atoms with Crippen molar-refractivity contribution in [3.63, 3.8) is 0 Å². The number of carbonyl (C=O) groups excluding carboxylic acids is 1. The number of aromatic nitrogens is 1. The molecule has 3 N–H and O–H groups in total. The number of nitrogens with two attached hydrogens (primary N) is 1. The molecule has 22 heavy (non-hydrogen) atoms. The number of aryl methyl sites for hydroxylation is 2. The first kappa shape index (κ1) is 14.6. The summed E-state index contributed by atoms with van der Waals surface area (Å²) in [6.07, 6.45) is 4.55. The van der Waals surface area contributed by atoms with Crippen LogP contribution in [-0.4, -0.2) is 10.9 Å². The molecule has 3 rings (SSSR count). The largest absolute Gasteiger partial charge is 0.366 e. The molecule has 0 spiro atoms. The van der Waals surface area contributed by atoms with Crippen molar-refractivity contribution < 1.29 is 4.79 Å². The molecular formula is C18H21N3O. The highest BCUT2D eigenvalue weighted by atomic mass is 16.1. The second-order valence-corrected chi connectivity index (χ2v) is 6.03. The van der Waals surface area contributed by atoms with Gasteiger partial charge >= 0.3 is 0 Å². The van der Waals surface area contributed by atoms with E-state index in [0.717, 1.165) is 30.6 Å². The van der Waals surface area contributed by atoms with Crippen LogP contribution in [0.5, 0.6) is 0 Å². The standard InChI is InChI=1S/C18H21N3O/c1-3-13-10-14(16(19)22)11-20-17(13)21-18(7-8-18)15-6-4-5-12(2)9-15/h4-6,9-11H,3,7-8H2,1-2H3,(H2,19,22)(H,20,21). The van der Waals surface area contributed by atoms with Gasteiger partial charge in [-0.15, -0.1) is 0 Å². The highest BCUT2D eigenvalue weighted by Gasteiger charge is 2.44. The van der Waals surface area contributed by atoms with E-state index in [0.29, 0.717) is 5.56 Å². The maximum Gasteiger partial charge on any atom is 0.250 e. The molecule has 1 fully saturated rings. The molecule has 1 heterocycles. The minimum absolute atomic E-state index is 0.0167. The maximum absolute atomic E-state index is 11.3. The molecular weight excluding hydrogens is 274 g/mol. The van der Waals surface area contributed by atoms with Crippen molar-refractivity contribution in [2.24, 2.45) is 5.73 Å². The van der Waals surface area contributed by atoms with E-state index in [2.05, 4.69) is 48.4 Å². The van der Waals surface area contributed by atoms with Crippen molar-refractivity contribution in [3.8, 4) is 0 Å². The van der Waals surface area contributed by atoms with Crippen LogP contribution in [0.1, 0.15) is 46.8 Å². The Kier molecular flexibility index (Phi) is 3.61. The number of carbonyl (C=O) groups is 1. The monoisotopic (exact) mass is 295 g/mol. The van der Waals surface area contributed by atoms with Crippen molar-refractivity contribution in [1.29, 1.82) is 0 Å². The predicted molar refractivity (Wildman–Crippen MR) is 87.8 cm³/mol. The van der Waals surface area contributed by atoms with Crippen LogP contribution in [0.2, 0.25) is 0 Å². The van der Waals surface area contributed by atoms with Crippen molar-refractivity contribution in [2.75, 3.05) is 5.32 Å². The van der Waals surface area contributed by atoms with Gasteiger partial charge in [0.1, 0.15) is 5.82 Å². The molecule has 0 aliphatic heterocycles. The molecule has 1 aromatic carbocycles. The molecule has 1 aliphatic carbocycles. The van der Waals surface area contributed by atoms with Crippen LogP contribution in [0.4, 0.5) is 5.82 Å². The Bertz CT molecular complexity index is 720. The number of rotatable bonds is 5. The van der Waals surface area contributed by atoms with E-state index in [9.17, 15) is 4.79 Å². The molecule has 0 unspecified atom stereocenters. The molecule has 114 valence electrons. The Morgan fingerprint density at radius 1 is 1.36 bits per heavy atom. The number of pyridine rings is 1. The summed E-state index contributed by atoms with van der Waals surface area (Å²) < 4.78 is 0. The Labute approximate surface area is 130 Å². The van der Waals surface area contributed by atoms with Crippen LogP contribution >= 0.6 is 0 Å². The number of nitrogens with zero attached hydrogens (tertiary/aromatic N) is 1. The summed E-state index contributed by atoms with van der Waals surface area (Å²) in [6.45, 7) is 4.16. The van der Waals surface area contributed by atoms with E-state index in [4.69, 9.17) is 5.73 Å². The van der Waals surface area contributed by atoms with E-state index in [-0.39, 0.29) is 5.54 Å². The Morgan fingerprint density at radius 2 is 2.14 bits per heavy atom. The number of amides is 1. The zero-order valence-electron chi connectivity index (χ0n) is 13.0. The topological polar surface area (TPSA) is 68.0 Å². The molecule has 0 saturated heterocycles. The number of hydrogen-bond acceptors (Lipinski definition) is 3. The van der Waals surface area contributed by atoms with Gasteiger partial charge in [-0.25, -0.2) is 4.98 Å². The Morgan fingerprint density at radius 3 is 2.73 bits per heavy atom. The molecule has 1 saturated carbocycles. The molecule has 0 atom stereocenters. The van der Waals surface area contributed by atoms with Crippen molar-refractivity contribution in [2.45, 2.75) is 38.6 Å². The average molecular weight is 295 g/mol. The molecule has 4 heteroatoms. The van der Waals surface area contributed by atoms with Crippen LogP contribution in [-0.2, 0) is 12.0 Å². The van der Waals surface area contributed by atoms with E-state index in [1.165, 1.54) is 11.1 Å². The molecule has 4 nitrogen and oxygen atoms in total. The predicted octanol–water partition coefficient (Wildman–Crippen LogP) is 3.15. The fraction of sp³-hybridized carbons (Fsp3) is 0.333. The van der Waals surface area contributed by atoms with Gasteiger partial charge in [0.2, 0.25) is 5.91 Å². The van der Waals surface area contributed by atoms with Gasteiger partial charge in [0.05, 0.1) is 11.1 Å². The van der Waals surface area contributed by atoms with Gasteiger partial charge in [0, 0.05) is 6.20 Å². The normalized spacial score (nSPS) is 15.4. The third kappa shape index (κ3) is 2.69. The summed E-state index contributed by atoms with van der Waals surface area (Å²) >= 11 is 0. The lowest BCUT2D eigenvalue weighted by atomic mass is 10.0. The zero-order chi connectivity index (χ0) is 15.7. The van der Waals surface area contributed by atoms with E-state index >= 15 is 0 Å². The summed E-state index contributed by atoms with van der Waals surface area (Å²) in [5, 5.41) is 3.60. The van der Waals surface area contributed by atoms with Crippen molar-refractivity contribution in [3.05, 3.63) is 58.8 Å². The first-order valence-electron chi connectivity index (χ1n) is 7.68. The summed E-state index contributed by atoms with van der Waals surface area (Å²) in [7, 11) is 0. The second kappa shape index (κ2) is 5.44. The number of hydrogen-bond donors (Lipinski definition) is 2. The molecule has 1 amide bonds. The van der Waals surface area contributed by atoms with E-state index < -0.39 is 5.91 Å².